The van der Waals surface area contributed by atoms with Gasteiger partial charge in [0, 0.05) is 17.3 Å². The van der Waals surface area contributed by atoms with E-state index in [-0.39, 0.29) is 17.6 Å². The topological polar surface area (TPSA) is 58.2 Å². The predicted molar refractivity (Wildman–Crippen MR) is 102 cm³/mol. The molecular weight excluding hydrogens is 343 g/mol. The smallest absolute Gasteiger partial charge is 0.251 e. The maximum atomic E-state index is 13.7. The zero-order valence-electron chi connectivity index (χ0n) is 15.1. The second kappa shape index (κ2) is 7.14. The van der Waals surface area contributed by atoms with Crippen LogP contribution in [0.3, 0.4) is 0 Å². The van der Waals surface area contributed by atoms with E-state index < -0.39 is 5.41 Å². The van der Waals surface area contributed by atoms with Crippen LogP contribution in [-0.4, -0.2) is 17.9 Å². The van der Waals surface area contributed by atoms with Crippen molar-refractivity contribution in [1.82, 2.24) is 5.32 Å². The molecule has 4 rings (SSSR count). The van der Waals surface area contributed by atoms with Crippen LogP contribution in [0.1, 0.15) is 54.4 Å². The molecule has 2 aliphatic rings. The van der Waals surface area contributed by atoms with Gasteiger partial charge in [-0.2, -0.15) is 0 Å². The molecule has 2 aromatic rings. The number of anilines is 1. The van der Waals surface area contributed by atoms with Gasteiger partial charge in [-0.1, -0.05) is 25.0 Å². The van der Waals surface area contributed by atoms with Gasteiger partial charge >= 0.3 is 0 Å². The molecule has 0 atom stereocenters. The molecule has 2 aliphatic carbocycles. The normalized spacial score (nSPS) is 18.1. The van der Waals surface area contributed by atoms with E-state index in [1.54, 1.807) is 30.3 Å². The summed E-state index contributed by atoms with van der Waals surface area (Å²) in [6.45, 7) is 0. The third-order valence-corrected chi connectivity index (χ3v) is 5.59. The molecule has 2 amide bonds. The van der Waals surface area contributed by atoms with Gasteiger partial charge in [0.2, 0.25) is 5.91 Å². The molecule has 2 aromatic carbocycles. The summed E-state index contributed by atoms with van der Waals surface area (Å²) in [6, 6.07) is 13.6. The van der Waals surface area contributed by atoms with E-state index in [0.29, 0.717) is 30.1 Å². The molecular formula is C22H23FN2O2. The number of nitrogens with one attached hydrogen (secondary N) is 2. The zero-order chi connectivity index (χ0) is 18.9. The quantitative estimate of drug-likeness (QED) is 0.834. The van der Waals surface area contributed by atoms with Crippen molar-refractivity contribution in [3.63, 3.8) is 0 Å². The van der Waals surface area contributed by atoms with Gasteiger partial charge in [0.25, 0.3) is 5.91 Å². The first-order valence-electron chi connectivity index (χ1n) is 9.55. The van der Waals surface area contributed by atoms with Gasteiger partial charge < -0.3 is 10.6 Å². The van der Waals surface area contributed by atoms with Crippen molar-refractivity contribution >= 4 is 17.5 Å². The maximum Gasteiger partial charge on any atom is 0.251 e. The van der Waals surface area contributed by atoms with Crippen molar-refractivity contribution in [3.8, 4) is 0 Å². The Bertz CT molecular complexity index is 853. The molecule has 27 heavy (non-hydrogen) atoms. The number of hydrogen-bond acceptors (Lipinski definition) is 2. The number of halogens is 1. The lowest BCUT2D eigenvalue weighted by Gasteiger charge is -2.28. The average molecular weight is 366 g/mol. The van der Waals surface area contributed by atoms with E-state index in [0.717, 1.165) is 31.2 Å². The molecule has 0 saturated heterocycles. The molecule has 5 heteroatoms. The fourth-order valence-corrected chi connectivity index (χ4v) is 3.86. The van der Waals surface area contributed by atoms with Crippen LogP contribution in [0.4, 0.5) is 10.1 Å². The zero-order valence-corrected chi connectivity index (χ0v) is 15.1. The standard InChI is InChI=1S/C22H23FN2O2/c23-17-5-3-4-16(14-17)22(12-1-2-13-22)21(27)25-19-8-6-15(7-9-19)20(26)24-18-10-11-18/h3-9,14,18H,1-2,10-13H2,(H,24,26)(H,25,27). The van der Waals surface area contributed by atoms with Crippen LogP contribution in [0.15, 0.2) is 48.5 Å². The predicted octanol–water partition coefficient (Wildman–Crippen LogP) is 4.17. The number of rotatable bonds is 5. The molecule has 0 unspecified atom stereocenters. The third kappa shape index (κ3) is 3.72. The monoisotopic (exact) mass is 366 g/mol. The lowest BCUT2D eigenvalue weighted by Crippen LogP contribution is -2.38. The van der Waals surface area contributed by atoms with Crippen LogP contribution in [0.2, 0.25) is 0 Å². The summed E-state index contributed by atoms with van der Waals surface area (Å²) < 4.78 is 13.7. The molecule has 0 aromatic heterocycles. The molecule has 0 radical (unpaired) electrons. The number of hydrogen-bond donors (Lipinski definition) is 2. The van der Waals surface area contributed by atoms with E-state index >= 15 is 0 Å². The summed E-state index contributed by atoms with van der Waals surface area (Å²) in [4.78, 5) is 25.2. The van der Waals surface area contributed by atoms with Crippen LogP contribution >= 0.6 is 0 Å². The molecule has 4 nitrogen and oxygen atoms in total. The first kappa shape index (κ1) is 17.7. The molecule has 0 heterocycles. The maximum absolute atomic E-state index is 13.7. The second-order valence-electron chi connectivity index (χ2n) is 7.58. The van der Waals surface area contributed by atoms with Crippen LogP contribution < -0.4 is 10.6 Å². The van der Waals surface area contributed by atoms with Crippen molar-refractivity contribution in [3.05, 3.63) is 65.5 Å². The molecule has 0 aliphatic heterocycles. The first-order valence-corrected chi connectivity index (χ1v) is 9.55. The Morgan fingerprint density at radius 3 is 2.33 bits per heavy atom. The summed E-state index contributed by atoms with van der Waals surface area (Å²) in [7, 11) is 0. The molecule has 2 saturated carbocycles. The SMILES string of the molecule is O=C(NC1CC1)c1ccc(NC(=O)C2(c3cccc(F)c3)CCCC2)cc1. The Kier molecular flexibility index (Phi) is 4.68. The van der Waals surface area contributed by atoms with Gasteiger partial charge in [-0.25, -0.2) is 4.39 Å². The van der Waals surface area contributed by atoms with Gasteiger partial charge in [-0.05, 0) is 67.6 Å². The number of benzene rings is 2. The van der Waals surface area contributed by atoms with Crippen molar-refractivity contribution in [2.24, 2.45) is 0 Å². The highest BCUT2D eigenvalue weighted by molar-refractivity contribution is 6.00. The van der Waals surface area contributed by atoms with E-state index in [9.17, 15) is 14.0 Å². The number of carbonyl (C=O) groups is 2. The van der Waals surface area contributed by atoms with Crippen LogP contribution in [0.5, 0.6) is 0 Å². The van der Waals surface area contributed by atoms with Gasteiger partial charge in [0.05, 0.1) is 5.41 Å². The Morgan fingerprint density at radius 1 is 1.00 bits per heavy atom. The van der Waals surface area contributed by atoms with E-state index in [4.69, 9.17) is 0 Å². The van der Waals surface area contributed by atoms with Crippen LogP contribution in [-0.2, 0) is 10.2 Å². The molecule has 0 bridgehead atoms. The number of amides is 2. The van der Waals surface area contributed by atoms with Crippen molar-refractivity contribution < 1.29 is 14.0 Å². The highest BCUT2D eigenvalue weighted by atomic mass is 19.1. The highest BCUT2D eigenvalue weighted by Crippen LogP contribution is 2.42. The minimum Gasteiger partial charge on any atom is -0.349 e. The van der Waals surface area contributed by atoms with Crippen LogP contribution in [0.25, 0.3) is 0 Å². The summed E-state index contributed by atoms with van der Waals surface area (Å²) in [5, 5.41) is 5.91. The average Bonchev–Trinajstić information content (AvgIpc) is 3.33. The minimum absolute atomic E-state index is 0.0811. The lowest BCUT2D eigenvalue weighted by atomic mass is 9.78. The summed E-state index contributed by atoms with van der Waals surface area (Å²) in [5.41, 5.74) is 1.27. The minimum atomic E-state index is -0.690. The molecule has 0 spiro atoms. The van der Waals surface area contributed by atoms with E-state index in [1.165, 1.54) is 12.1 Å². The van der Waals surface area contributed by atoms with Crippen molar-refractivity contribution in [2.75, 3.05) is 5.32 Å². The fourth-order valence-electron chi connectivity index (χ4n) is 3.86. The van der Waals surface area contributed by atoms with E-state index in [1.807, 2.05) is 6.07 Å². The third-order valence-electron chi connectivity index (χ3n) is 5.59. The van der Waals surface area contributed by atoms with Gasteiger partial charge in [-0.15, -0.1) is 0 Å². The van der Waals surface area contributed by atoms with Gasteiger partial charge in [-0.3, -0.25) is 9.59 Å². The second-order valence-corrected chi connectivity index (χ2v) is 7.58. The lowest BCUT2D eigenvalue weighted by molar-refractivity contribution is -0.121. The largest absolute Gasteiger partial charge is 0.349 e. The summed E-state index contributed by atoms with van der Waals surface area (Å²) in [5.74, 6) is -0.513. The van der Waals surface area contributed by atoms with Crippen molar-refractivity contribution in [2.45, 2.75) is 50.0 Å². The van der Waals surface area contributed by atoms with Gasteiger partial charge in [0.1, 0.15) is 5.82 Å². The molecule has 2 N–H and O–H groups in total. The molecule has 140 valence electrons. The Hall–Kier alpha value is -2.69. The Labute approximate surface area is 158 Å². The fraction of sp³-hybridized carbons (Fsp3) is 0.364. The Morgan fingerprint density at radius 2 is 1.70 bits per heavy atom. The first-order chi connectivity index (χ1) is 13.1. The summed E-state index contributed by atoms with van der Waals surface area (Å²) in [6.07, 6.45) is 5.41. The summed E-state index contributed by atoms with van der Waals surface area (Å²) >= 11 is 0. The van der Waals surface area contributed by atoms with Crippen molar-refractivity contribution in [1.29, 1.82) is 0 Å². The Balaban J connectivity index is 1.50. The van der Waals surface area contributed by atoms with Crippen LogP contribution in [0, 0.1) is 5.82 Å². The van der Waals surface area contributed by atoms with Gasteiger partial charge in [0.15, 0.2) is 0 Å². The number of carbonyl (C=O) groups excluding carboxylic acids is 2. The van der Waals surface area contributed by atoms with E-state index in [2.05, 4.69) is 10.6 Å². The highest BCUT2D eigenvalue weighted by Gasteiger charge is 2.42. The molecule has 2 fully saturated rings.